The molecular formula is C12H15ClN2OS. The van der Waals surface area contributed by atoms with Gasteiger partial charge in [-0.2, -0.15) is 0 Å². The Bertz CT molecular complexity index is 512. The molecule has 0 saturated heterocycles. The van der Waals surface area contributed by atoms with Crippen molar-refractivity contribution >= 4 is 33.2 Å². The van der Waals surface area contributed by atoms with E-state index in [2.05, 4.69) is 29.9 Å². The monoisotopic (exact) mass is 270 g/mol. The first-order valence-electron chi connectivity index (χ1n) is 5.77. The summed E-state index contributed by atoms with van der Waals surface area (Å²) in [5.74, 6) is 0.667. The number of rotatable bonds is 5. The first-order chi connectivity index (χ1) is 8.24. The van der Waals surface area contributed by atoms with E-state index >= 15 is 0 Å². The molecule has 92 valence electrons. The minimum Gasteiger partial charge on any atom is -0.373 e. The van der Waals surface area contributed by atoms with Crippen molar-refractivity contribution in [1.82, 2.24) is 9.97 Å². The largest absolute Gasteiger partial charge is 0.373 e. The summed E-state index contributed by atoms with van der Waals surface area (Å²) in [7, 11) is 0. The summed E-state index contributed by atoms with van der Waals surface area (Å²) in [6.45, 7) is 5.35. The van der Waals surface area contributed by atoms with E-state index in [4.69, 9.17) is 16.3 Å². The van der Waals surface area contributed by atoms with Crippen molar-refractivity contribution in [3.05, 3.63) is 21.9 Å². The van der Waals surface area contributed by atoms with Crippen LogP contribution in [0.4, 0.5) is 0 Å². The highest BCUT2D eigenvalue weighted by Crippen LogP contribution is 2.29. The summed E-state index contributed by atoms with van der Waals surface area (Å²) in [5, 5.41) is 1.48. The Morgan fingerprint density at radius 3 is 2.88 bits per heavy atom. The second kappa shape index (κ2) is 5.76. The fourth-order valence-electron chi connectivity index (χ4n) is 1.52. The fourth-order valence-corrected chi connectivity index (χ4v) is 2.81. The van der Waals surface area contributed by atoms with Crippen LogP contribution in [0.2, 0.25) is 5.15 Å². The van der Waals surface area contributed by atoms with Crippen molar-refractivity contribution in [1.29, 1.82) is 0 Å². The van der Waals surface area contributed by atoms with E-state index in [9.17, 15) is 0 Å². The van der Waals surface area contributed by atoms with Crippen LogP contribution in [0, 0.1) is 0 Å². The zero-order valence-electron chi connectivity index (χ0n) is 9.99. The van der Waals surface area contributed by atoms with Crippen molar-refractivity contribution in [3.63, 3.8) is 0 Å². The Labute approximate surface area is 110 Å². The number of hydrogen-bond acceptors (Lipinski definition) is 4. The summed E-state index contributed by atoms with van der Waals surface area (Å²) in [5.41, 5.74) is 0. The van der Waals surface area contributed by atoms with Gasteiger partial charge in [-0.3, -0.25) is 0 Å². The number of aromatic nitrogens is 2. The van der Waals surface area contributed by atoms with Crippen LogP contribution >= 0.6 is 22.9 Å². The second-order valence-corrected chi connectivity index (χ2v) is 5.24. The molecule has 0 spiro atoms. The first-order valence-corrected chi connectivity index (χ1v) is 6.96. The van der Waals surface area contributed by atoms with Gasteiger partial charge in [0.15, 0.2) is 5.82 Å². The Hall–Kier alpha value is -0.710. The molecule has 0 saturated carbocycles. The summed E-state index contributed by atoms with van der Waals surface area (Å²) >= 11 is 7.82. The quantitative estimate of drug-likeness (QED) is 0.612. The lowest BCUT2D eigenvalue weighted by Gasteiger charge is -2.02. The van der Waals surface area contributed by atoms with E-state index in [0.29, 0.717) is 17.6 Å². The van der Waals surface area contributed by atoms with Gasteiger partial charge in [0.1, 0.15) is 16.6 Å². The molecule has 0 N–H and O–H groups in total. The lowest BCUT2D eigenvalue weighted by Crippen LogP contribution is -2.00. The van der Waals surface area contributed by atoms with Crippen LogP contribution in [0.5, 0.6) is 0 Å². The third kappa shape index (κ3) is 2.94. The van der Waals surface area contributed by atoms with E-state index in [1.807, 2.05) is 0 Å². The maximum atomic E-state index is 6.15. The number of halogens is 1. The van der Waals surface area contributed by atoms with Gasteiger partial charge in [0.05, 0.1) is 0 Å². The topological polar surface area (TPSA) is 35.0 Å². The van der Waals surface area contributed by atoms with Crippen molar-refractivity contribution in [3.8, 4) is 0 Å². The summed E-state index contributed by atoms with van der Waals surface area (Å²) in [4.78, 5) is 11.0. The van der Waals surface area contributed by atoms with Crippen LogP contribution in [0.3, 0.4) is 0 Å². The number of nitrogens with zero attached hydrogens (tertiary/aromatic N) is 2. The van der Waals surface area contributed by atoms with Gasteiger partial charge in [-0.1, -0.05) is 25.4 Å². The average molecular weight is 271 g/mol. The molecule has 2 heterocycles. The molecule has 2 aromatic rings. The van der Waals surface area contributed by atoms with Gasteiger partial charge in [-0.25, -0.2) is 9.97 Å². The predicted octanol–water partition coefficient (Wildman–Crippen LogP) is 3.83. The van der Waals surface area contributed by atoms with Gasteiger partial charge in [-0.05, 0) is 18.9 Å². The molecule has 0 aliphatic heterocycles. The third-order valence-corrected chi connectivity index (χ3v) is 3.83. The number of thiophene rings is 1. The molecule has 0 aromatic carbocycles. The average Bonchev–Trinajstić information content (AvgIpc) is 2.73. The highest BCUT2D eigenvalue weighted by Gasteiger charge is 2.09. The van der Waals surface area contributed by atoms with Crippen molar-refractivity contribution in [2.75, 3.05) is 6.61 Å². The number of hydrogen-bond donors (Lipinski definition) is 0. The van der Waals surface area contributed by atoms with E-state index in [1.165, 1.54) is 4.88 Å². The Morgan fingerprint density at radius 2 is 2.18 bits per heavy atom. The molecule has 2 aromatic heterocycles. The molecule has 5 heteroatoms. The molecule has 0 atom stereocenters. The molecule has 0 amide bonds. The van der Waals surface area contributed by atoms with E-state index in [0.717, 1.165) is 29.7 Å². The SMILES string of the molecule is CCCOCc1nc(Cl)c2cc(CC)sc2n1. The third-order valence-electron chi connectivity index (χ3n) is 2.37. The van der Waals surface area contributed by atoms with E-state index in [1.54, 1.807) is 11.3 Å². The van der Waals surface area contributed by atoms with Crippen molar-refractivity contribution in [2.24, 2.45) is 0 Å². The molecule has 3 nitrogen and oxygen atoms in total. The molecule has 2 rings (SSSR count). The Morgan fingerprint density at radius 1 is 1.35 bits per heavy atom. The molecule has 0 bridgehead atoms. The summed E-state index contributed by atoms with van der Waals surface area (Å²) in [6, 6.07) is 2.07. The van der Waals surface area contributed by atoms with E-state index < -0.39 is 0 Å². The normalized spacial score (nSPS) is 11.2. The van der Waals surface area contributed by atoms with Crippen LogP contribution in [0.25, 0.3) is 10.2 Å². The first kappa shape index (κ1) is 12.7. The molecular weight excluding hydrogens is 256 g/mol. The van der Waals surface area contributed by atoms with Gasteiger partial charge in [0.25, 0.3) is 0 Å². The molecule has 0 fully saturated rings. The van der Waals surface area contributed by atoms with Gasteiger partial charge >= 0.3 is 0 Å². The number of ether oxygens (including phenoxy) is 1. The predicted molar refractivity (Wildman–Crippen MR) is 71.8 cm³/mol. The molecule has 0 radical (unpaired) electrons. The maximum absolute atomic E-state index is 6.15. The van der Waals surface area contributed by atoms with Gasteiger partial charge in [0.2, 0.25) is 0 Å². The fraction of sp³-hybridized carbons (Fsp3) is 0.500. The van der Waals surface area contributed by atoms with Crippen molar-refractivity contribution in [2.45, 2.75) is 33.3 Å². The minimum absolute atomic E-state index is 0.433. The zero-order chi connectivity index (χ0) is 12.3. The van der Waals surface area contributed by atoms with Crippen LogP contribution < -0.4 is 0 Å². The second-order valence-electron chi connectivity index (χ2n) is 3.77. The highest BCUT2D eigenvalue weighted by atomic mass is 35.5. The van der Waals surface area contributed by atoms with Gasteiger partial charge in [0, 0.05) is 16.9 Å². The van der Waals surface area contributed by atoms with Crippen LogP contribution in [-0.2, 0) is 17.8 Å². The number of fused-ring (bicyclic) bond motifs is 1. The molecule has 0 aliphatic carbocycles. The smallest absolute Gasteiger partial charge is 0.157 e. The summed E-state index contributed by atoms with van der Waals surface area (Å²) < 4.78 is 5.43. The van der Waals surface area contributed by atoms with Gasteiger partial charge < -0.3 is 4.74 Å². The molecule has 17 heavy (non-hydrogen) atoms. The minimum atomic E-state index is 0.433. The van der Waals surface area contributed by atoms with Crippen LogP contribution in [0.15, 0.2) is 6.07 Å². The highest BCUT2D eigenvalue weighted by molar-refractivity contribution is 7.18. The van der Waals surface area contributed by atoms with Crippen LogP contribution in [-0.4, -0.2) is 16.6 Å². The molecule has 0 unspecified atom stereocenters. The van der Waals surface area contributed by atoms with Gasteiger partial charge in [-0.15, -0.1) is 11.3 Å². The lowest BCUT2D eigenvalue weighted by molar-refractivity contribution is 0.116. The molecule has 0 aliphatic rings. The Balaban J connectivity index is 2.27. The lowest BCUT2D eigenvalue weighted by atomic mass is 10.3. The maximum Gasteiger partial charge on any atom is 0.157 e. The number of aryl methyl sites for hydroxylation is 1. The van der Waals surface area contributed by atoms with E-state index in [-0.39, 0.29) is 0 Å². The standard InChI is InChI=1S/C12H15ClN2OS/c1-3-5-16-7-10-14-11(13)9-6-8(4-2)17-12(9)15-10/h6H,3-5,7H2,1-2H3. The Kier molecular flexibility index (Phi) is 4.31. The van der Waals surface area contributed by atoms with Crippen LogP contribution in [0.1, 0.15) is 31.0 Å². The zero-order valence-corrected chi connectivity index (χ0v) is 11.6. The van der Waals surface area contributed by atoms with Crippen molar-refractivity contribution < 1.29 is 4.74 Å². The summed E-state index contributed by atoms with van der Waals surface area (Å²) in [6.07, 6.45) is 1.99.